The maximum absolute atomic E-state index is 13.3. The number of alkyl halides is 2. The van der Waals surface area contributed by atoms with Crippen LogP contribution in [-0.4, -0.2) is 12.4 Å². The molecule has 2 N–H and O–H groups in total. The second-order valence-corrected chi connectivity index (χ2v) is 3.94. The molecular weight excluding hydrogens is 271 g/mol. The molecule has 0 aliphatic rings. The van der Waals surface area contributed by atoms with Crippen LogP contribution in [0, 0.1) is 5.82 Å². The Bertz CT molecular complexity index is 644. The van der Waals surface area contributed by atoms with Gasteiger partial charge in [0, 0.05) is 5.56 Å². The molecule has 104 valence electrons. The molecule has 0 unspecified atom stereocenters. The van der Waals surface area contributed by atoms with Gasteiger partial charge in [0.1, 0.15) is 11.6 Å². The van der Waals surface area contributed by atoms with E-state index in [2.05, 4.69) is 4.74 Å². The van der Waals surface area contributed by atoms with Crippen molar-refractivity contribution in [2.75, 3.05) is 5.73 Å². The summed E-state index contributed by atoms with van der Waals surface area (Å²) >= 11 is 0. The predicted molar refractivity (Wildman–Crippen MR) is 67.3 cm³/mol. The van der Waals surface area contributed by atoms with E-state index in [1.807, 2.05) is 0 Å². The summed E-state index contributed by atoms with van der Waals surface area (Å²) in [7, 11) is 0. The molecular formula is C14H10F3NO2. The molecule has 0 aliphatic heterocycles. The van der Waals surface area contributed by atoms with Crippen molar-refractivity contribution in [1.29, 1.82) is 0 Å². The van der Waals surface area contributed by atoms with Crippen molar-refractivity contribution in [1.82, 2.24) is 0 Å². The van der Waals surface area contributed by atoms with Gasteiger partial charge in [0.2, 0.25) is 0 Å². The number of para-hydroxylation sites is 1. The number of carbonyl (C=O) groups excluding carboxylic acids is 1. The molecule has 20 heavy (non-hydrogen) atoms. The normalized spacial score (nSPS) is 10.6. The molecule has 0 radical (unpaired) electrons. The molecule has 2 aromatic rings. The largest absolute Gasteiger partial charge is 0.434 e. The van der Waals surface area contributed by atoms with Gasteiger partial charge in [-0.3, -0.25) is 4.79 Å². The topological polar surface area (TPSA) is 52.3 Å². The summed E-state index contributed by atoms with van der Waals surface area (Å²) in [6.45, 7) is -3.05. The number of hydrogen-bond acceptors (Lipinski definition) is 3. The Hall–Kier alpha value is -2.50. The first-order valence-corrected chi connectivity index (χ1v) is 5.62. The Morgan fingerprint density at radius 2 is 1.85 bits per heavy atom. The maximum atomic E-state index is 13.3. The highest BCUT2D eigenvalue weighted by Crippen LogP contribution is 2.24. The molecule has 2 rings (SSSR count). The number of nitrogen functional groups attached to an aromatic ring is 1. The zero-order chi connectivity index (χ0) is 14.7. The average Bonchev–Trinajstić information content (AvgIpc) is 2.41. The predicted octanol–water partition coefficient (Wildman–Crippen LogP) is 3.24. The van der Waals surface area contributed by atoms with E-state index in [-0.39, 0.29) is 22.6 Å². The number of benzene rings is 2. The second-order valence-electron chi connectivity index (χ2n) is 3.94. The quantitative estimate of drug-likeness (QED) is 0.691. The smallest absolute Gasteiger partial charge is 0.387 e. The summed E-state index contributed by atoms with van der Waals surface area (Å²) in [4.78, 5) is 12.2. The molecule has 2 aromatic carbocycles. The molecule has 0 fully saturated rings. The summed E-state index contributed by atoms with van der Waals surface area (Å²) < 4.78 is 42.2. The first-order valence-electron chi connectivity index (χ1n) is 5.62. The first-order chi connectivity index (χ1) is 9.49. The number of anilines is 1. The lowest BCUT2D eigenvalue weighted by Gasteiger charge is -2.10. The number of rotatable bonds is 4. The van der Waals surface area contributed by atoms with Crippen molar-refractivity contribution >= 4 is 11.5 Å². The van der Waals surface area contributed by atoms with Crippen LogP contribution in [0.5, 0.6) is 5.75 Å². The summed E-state index contributed by atoms with van der Waals surface area (Å²) in [5.74, 6) is -1.63. The molecule has 0 aromatic heterocycles. The van der Waals surface area contributed by atoms with Gasteiger partial charge in [-0.15, -0.1) is 0 Å². The third-order valence-electron chi connectivity index (χ3n) is 2.61. The highest BCUT2D eigenvalue weighted by Gasteiger charge is 2.17. The van der Waals surface area contributed by atoms with E-state index in [4.69, 9.17) is 5.73 Å². The Morgan fingerprint density at radius 3 is 2.50 bits per heavy atom. The van der Waals surface area contributed by atoms with Gasteiger partial charge >= 0.3 is 6.61 Å². The van der Waals surface area contributed by atoms with Crippen molar-refractivity contribution in [2.24, 2.45) is 0 Å². The minimum absolute atomic E-state index is 0.00187. The SMILES string of the molecule is Nc1ccc(C(=O)c2ccccc2OC(F)F)cc1F. The average molecular weight is 281 g/mol. The van der Waals surface area contributed by atoms with Gasteiger partial charge in [-0.05, 0) is 30.3 Å². The van der Waals surface area contributed by atoms with E-state index in [0.29, 0.717) is 0 Å². The van der Waals surface area contributed by atoms with Crippen LogP contribution in [0.2, 0.25) is 0 Å². The van der Waals surface area contributed by atoms with E-state index in [1.54, 1.807) is 0 Å². The molecule has 3 nitrogen and oxygen atoms in total. The molecule has 0 saturated carbocycles. The molecule has 0 spiro atoms. The fourth-order valence-electron chi connectivity index (χ4n) is 1.68. The van der Waals surface area contributed by atoms with Crippen LogP contribution < -0.4 is 10.5 Å². The van der Waals surface area contributed by atoms with Gasteiger partial charge in [-0.25, -0.2) is 4.39 Å². The lowest BCUT2D eigenvalue weighted by Crippen LogP contribution is -2.09. The second kappa shape index (κ2) is 5.64. The van der Waals surface area contributed by atoms with Crippen LogP contribution >= 0.6 is 0 Å². The Labute approximate surface area is 112 Å². The third kappa shape index (κ3) is 2.90. The fourth-order valence-corrected chi connectivity index (χ4v) is 1.68. The number of nitrogens with two attached hydrogens (primary N) is 1. The molecule has 0 heterocycles. The zero-order valence-corrected chi connectivity index (χ0v) is 10.1. The van der Waals surface area contributed by atoms with Crippen molar-refractivity contribution in [3.05, 3.63) is 59.4 Å². The zero-order valence-electron chi connectivity index (χ0n) is 10.1. The summed E-state index contributed by atoms with van der Waals surface area (Å²) in [5, 5.41) is 0. The molecule has 0 atom stereocenters. The maximum Gasteiger partial charge on any atom is 0.387 e. The van der Waals surface area contributed by atoms with Crippen LogP contribution in [0.1, 0.15) is 15.9 Å². The van der Waals surface area contributed by atoms with Crippen molar-refractivity contribution < 1.29 is 22.7 Å². The van der Waals surface area contributed by atoms with Crippen LogP contribution in [0.4, 0.5) is 18.9 Å². The van der Waals surface area contributed by atoms with Crippen LogP contribution in [0.15, 0.2) is 42.5 Å². The minimum atomic E-state index is -3.05. The van der Waals surface area contributed by atoms with Gasteiger partial charge in [-0.2, -0.15) is 8.78 Å². The monoisotopic (exact) mass is 281 g/mol. The summed E-state index contributed by atoms with van der Waals surface area (Å²) in [6, 6.07) is 9.04. The Kier molecular flexibility index (Phi) is 3.93. The summed E-state index contributed by atoms with van der Waals surface area (Å²) in [6.07, 6.45) is 0. The van der Waals surface area contributed by atoms with E-state index >= 15 is 0 Å². The van der Waals surface area contributed by atoms with Crippen LogP contribution in [0.25, 0.3) is 0 Å². The van der Waals surface area contributed by atoms with Gasteiger partial charge in [0.25, 0.3) is 0 Å². The van der Waals surface area contributed by atoms with Crippen LogP contribution in [0.3, 0.4) is 0 Å². The van der Waals surface area contributed by atoms with Crippen molar-refractivity contribution in [2.45, 2.75) is 6.61 Å². The van der Waals surface area contributed by atoms with Gasteiger partial charge in [-0.1, -0.05) is 12.1 Å². The van der Waals surface area contributed by atoms with E-state index < -0.39 is 18.2 Å². The molecule has 0 saturated heterocycles. The number of hydrogen-bond donors (Lipinski definition) is 1. The van der Waals surface area contributed by atoms with Crippen LogP contribution in [-0.2, 0) is 0 Å². The molecule has 0 bridgehead atoms. The Morgan fingerprint density at radius 1 is 1.15 bits per heavy atom. The fraction of sp³-hybridized carbons (Fsp3) is 0.0714. The van der Waals surface area contributed by atoms with Gasteiger partial charge in [0.15, 0.2) is 5.78 Å². The number of ether oxygens (including phenoxy) is 1. The number of halogens is 3. The van der Waals surface area contributed by atoms with Crippen molar-refractivity contribution in [3.8, 4) is 5.75 Å². The lowest BCUT2D eigenvalue weighted by atomic mass is 10.0. The number of ketones is 1. The number of carbonyl (C=O) groups is 1. The molecule has 6 heteroatoms. The van der Waals surface area contributed by atoms with E-state index in [9.17, 15) is 18.0 Å². The van der Waals surface area contributed by atoms with Crippen molar-refractivity contribution in [3.63, 3.8) is 0 Å². The molecule has 0 amide bonds. The summed E-state index contributed by atoms with van der Waals surface area (Å²) in [5.41, 5.74) is 5.14. The van der Waals surface area contributed by atoms with Gasteiger partial charge < -0.3 is 10.5 Å². The molecule has 0 aliphatic carbocycles. The highest BCUT2D eigenvalue weighted by molar-refractivity contribution is 6.10. The highest BCUT2D eigenvalue weighted by atomic mass is 19.3. The third-order valence-corrected chi connectivity index (χ3v) is 2.61. The van der Waals surface area contributed by atoms with E-state index in [1.165, 1.54) is 36.4 Å². The standard InChI is InChI=1S/C14H10F3NO2/c15-10-7-8(5-6-11(10)18)13(19)9-3-1-2-4-12(9)20-14(16)17/h1-7,14H,18H2. The van der Waals surface area contributed by atoms with Gasteiger partial charge in [0.05, 0.1) is 11.3 Å². The first kappa shape index (κ1) is 13.9. The Balaban J connectivity index is 2.40. The van der Waals surface area contributed by atoms with E-state index in [0.717, 1.165) is 6.07 Å². The minimum Gasteiger partial charge on any atom is -0.434 e. The lowest BCUT2D eigenvalue weighted by molar-refractivity contribution is -0.0501.